The summed E-state index contributed by atoms with van der Waals surface area (Å²) in [5.41, 5.74) is 0. The number of hydrogen-bond acceptors (Lipinski definition) is 2. The van der Waals surface area contributed by atoms with Crippen LogP contribution in [0.3, 0.4) is 0 Å². The van der Waals surface area contributed by atoms with E-state index in [0.717, 1.165) is 25.7 Å². The summed E-state index contributed by atoms with van der Waals surface area (Å²) in [6.45, 7) is 1.63. The molecule has 0 N–H and O–H groups in total. The molecule has 1 aliphatic heterocycles. The molecular weight excluding hydrogens is 288 g/mol. The van der Waals surface area contributed by atoms with Crippen LogP contribution in [0.2, 0.25) is 6.04 Å². The van der Waals surface area contributed by atoms with Gasteiger partial charge in [0.25, 0.3) is 0 Å². The van der Waals surface area contributed by atoms with Crippen molar-refractivity contribution in [3.63, 3.8) is 0 Å². The summed E-state index contributed by atoms with van der Waals surface area (Å²) in [6.07, 6.45) is 3.45. The summed E-state index contributed by atoms with van der Waals surface area (Å²) in [7, 11) is -0.781. The molecule has 0 amide bonds. The molecule has 0 aliphatic carbocycles. The maximum Gasteiger partial charge on any atom is 0.157 e. The highest BCUT2D eigenvalue weighted by Crippen LogP contribution is 2.14. The van der Waals surface area contributed by atoms with Crippen LogP contribution in [0.5, 0.6) is 0 Å². The first-order chi connectivity index (χ1) is 10.9. The van der Waals surface area contributed by atoms with Gasteiger partial charge in [-0.2, -0.15) is 0 Å². The molecule has 1 aliphatic rings. The van der Waals surface area contributed by atoms with E-state index in [1.165, 1.54) is 23.2 Å². The molecule has 1 atom stereocenters. The first-order valence-electron chi connectivity index (χ1n) is 8.13. The SMILES string of the molecule is c1ccc([Si](CCOC2CCCCO2)c2ccccc2)cc1. The Hall–Kier alpha value is -1.42. The van der Waals surface area contributed by atoms with Crippen LogP contribution in [-0.4, -0.2) is 28.3 Å². The molecule has 22 heavy (non-hydrogen) atoms. The Labute approximate surface area is 134 Å². The number of hydrogen-bond donors (Lipinski definition) is 0. The Morgan fingerprint density at radius 1 is 0.909 bits per heavy atom. The normalized spacial score (nSPS) is 18.5. The van der Waals surface area contributed by atoms with Crippen LogP contribution in [0, 0.1) is 0 Å². The van der Waals surface area contributed by atoms with Gasteiger partial charge in [0.05, 0.1) is 0 Å². The second kappa shape index (κ2) is 8.27. The topological polar surface area (TPSA) is 18.5 Å². The zero-order chi connectivity index (χ0) is 15.0. The molecule has 0 aromatic heterocycles. The minimum absolute atomic E-state index is 0.0172. The maximum atomic E-state index is 5.96. The quantitative estimate of drug-likeness (QED) is 0.764. The lowest BCUT2D eigenvalue weighted by Gasteiger charge is -2.24. The molecule has 2 nitrogen and oxygen atoms in total. The molecule has 0 spiro atoms. The Morgan fingerprint density at radius 3 is 2.09 bits per heavy atom. The monoisotopic (exact) mass is 311 g/mol. The van der Waals surface area contributed by atoms with Crippen molar-refractivity contribution in [3.05, 3.63) is 60.7 Å². The van der Waals surface area contributed by atoms with E-state index in [2.05, 4.69) is 60.7 Å². The minimum atomic E-state index is -0.781. The van der Waals surface area contributed by atoms with Gasteiger partial charge in [-0.25, -0.2) is 0 Å². The van der Waals surface area contributed by atoms with Gasteiger partial charge in [0.1, 0.15) is 8.80 Å². The van der Waals surface area contributed by atoms with Crippen molar-refractivity contribution < 1.29 is 9.47 Å². The lowest BCUT2D eigenvalue weighted by Crippen LogP contribution is -2.43. The average molecular weight is 311 g/mol. The van der Waals surface area contributed by atoms with Gasteiger partial charge in [0, 0.05) is 13.2 Å². The molecule has 1 heterocycles. The third-order valence-corrected chi connectivity index (χ3v) is 6.80. The van der Waals surface area contributed by atoms with Crippen molar-refractivity contribution >= 4 is 19.2 Å². The Kier molecular flexibility index (Phi) is 5.82. The molecule has 1 radical (unpaired) electrons. The highest BCUT2D eigenvalue weighted by atomic mass is 28.3. The molecule has 2 aromatic rings. The Morgan fingerprint density at radius 2 is 1.55 bits per heavy atom. The van der Waals surface area contributed by atoms with Gasteiger partial charge >= 0.3 is 0 Å². The number of ether oxygens (including phenoxy) is 2. The van der Waals surface area contributed by atoms with E-state index in [-0.39, 0.29) is 6.29 Å². The summed E-state index contributed by atoms with van der Waals surface area (Å²) in [5.74, 6) is 0. The van der Waals surface area contributed by atoms with Gasteiger partial charge in [-0.15, -0.1) is 0 Å². The maximum absolute atomic E-state index is 5.96. The molecule has 1 saturated heterocycles. The zero-order valence-corrected chi connectivity index (χ0v) is 13.9. The molecule has 0 bridgehead atoms. The van der Waals surface area contributed by atoms with Crippen molar-refractivity contribution in [1.82, 2.24) is 0 Å². The fourth-order valence-corrected chi connectivity index (χ4v) is 5.29. The minimum Gasteiger partial charge on any atom is -0.353 e. The van der Waals surface area contributed by atoms with E-state index in [4.69, 9.17) is 9.47 Å². The van der Waals surface area contributed by atoms with Crippen LogP contribution in [0.15, 0.2) is 60.7 Å². The molecular formula is C19H23O2Si. The van der Waals surface area contributed by atoms with E-state index in [9.17, 15) is 0 Å². The van der Waals surface area contributed by atoms with Crippen LogP contribution < -0.4 is 10.4 Å². The van der Waals surface area contributed by atoms with Gasteiger partial charge in [0.2, 0.25) is 0 Å². The van der Waals surface area contributed by atoms with E-state index < -0.39 is 8.80 Å². The molecule has 2 aromatic carbocycles. The van der Waals surface area contributed by atoms with Gasteiger partial charge in [0.15, 0.2) is 6.29 Å². The molecule has 3 rings (SSSR count). The van der Waals surface area contributed by atoms with E-state index in [1.54, 1.807) is 0 Å². The van der Waals surface area contributed by atoms with E-state index >= 15 is 0 Å². The van der Waals surface area contributed by atoms with Gasteiger partial charge < -0.3 is 9.47 Å². The van der Waals surface area contributed by atoms with Crippen LogP contribution >= 0.6 is 0 Å². The number of rotatable bonds is 6. The zero-order valence-electron chi connectivity index (χ0n) is 12.9. The second-order valence-electron chi connectivity index (χ2n) is 5.63. The van der Waals surface area contributed by atoms with Crippen LogP contribution in [0.25, 0.3) is 0 Å². The smallest absolute Gasteiger partial charge is 0.157 e. The molecule has 0 saturated carbocycles. The van der Waals surface area contributed by atoms with E-state index in [0.29, 0.717) is 0 Å². The predicted molar refractivity (Wildman–Crippen MR) is 92.3 cm³/mol. The van der Waals surface area contributed by atoms with Crippen molar-refractivity contribution in [2.75, 3.05) is 13.2 Å². The summed E-state index contributed by atoms with van der Waals surface area (Å²) >= 11 is 0. The van der Waals surface area contributed by atoms with Crippen LogP contribution in [-0.2, 0) is 9.47 Å². The third kappa shape index (κ3) is 4.29. The largest absolute Gasteiger partial charge is 0.353 e. The van der Waals surface area contributed by atoms with Crippen molar-refractivity contribution in [3.8, 4) is 0 Å². The summed E-state index contributed by atoms with van der Waals surface area (Å²) in [4.78, 5) is 0. The molecule has 1 fully saturated rings. The Balaban J connectivity index is 1.64. The lowest BCUT2D eigenvalue weighted by molar-refractivity contribution is -0.159. The van der Waals surface area contributed by atoms with Crippen molar-refractivity contribution in [1.29, 1.82) is 0 Å². The summed E-state index contributed by atoms with van der Waals surface area (Å²) in [5, 5.41) is 2.90. The summed E-state index contributed by atoms with van der Waals surface area (Å²) in [6, 6.07) is 22.8. The molecule has 1 unspecified atom stereocenters. The molecule has 3 heteroatoms. The van der Waals surface area contributed by atoms with E-state index in [1.807, 2.05) is 0 Å². The fourth-order valence-electron chi connectivity index (χ4n) is 2.87. The fraction of sp³-hybridized carbons (Fsp3) is 0.368. The first kappa shape index (κ1) is 15.5. The predicted octanol–water partition coefficient (Wildman–Crippen LogP) is 2.84. The highest BCUT2D eigenvalue weighted by Gasteiger charge is 2.19. The lowest BCUT2D eigenvalue weighted by atomic mass is 10.2. The van der Waals surface area contributed by atoms with Gasteiger partial charge in [-0.1, -0.05) is 71.0 Å². The van der Waals surface area contributed by atoms with Crippen molar-refractivity contribution in [2.45, 2.75) is 31.6 Å². The average Bonchev–Trinajstić information content (AvgIpc) is 2.61. The van der Waals surface area contributed by atoms with Gasteiger partial charge in [-0.05, 0) is 25.3 Å². The van der Waals surface area contributed by atoms with Crippen LogP contribution in [0.1, 0.15) is 19.3 Å². The first-order valence-corrected chi connectivity index (χ1v) is 9.84. The summed E-state index contributed by atoms with van der Waals surface area (Å²) < 4.78 is 11.6. The van der Waals surface area contributed by atoms with Crippen LogP contribution in [0.4, 0.5) is 0 Å². The van der Waals surface area contributed by atoms with Crippen molar-refractivity contribution in [2.24, 2.45) is 0 Å². The molecule has 115 valence electrons. The third-order valence-electron chi connectivity index (χ3n) is 4.04. The second-order valence-corrected chi connectivity index (χ2v) is 8.24. The van der Waals surface area contributed by atoms with Gasteiger partial charge in [-0.3, -0.25) is 0 Å². The number of benzene rings is 2. The standard InChI is InChI=1S/C19H23O2Si/c1-3-9-17(10-4-1)22(18-11-5-2-6-12-18)16-15-21-19-13-7-8-14-20-19/h1-6,9-12,19H,7-8,13-16H2. The Bertz CT molecular complexity index is 498. The highest BCUT2D eigenvalue weighted by molar-refractivity contribution is 6.85.